The predicted octanol–water partition coefficient (Wildman–Crippen LogP) is 2.29. The predicted molar refractivity (Wildman–Crippen MR) is 39.6 cm³/mol. The first-order chi connectivity index (χ1) is 4.47. The molecule has 0 aliphatic carbocycles. The summed E-state index contributed by atoms with van der Waals surface area (Å²) >= 11 is 1.68. The molecule has 0 saturated carbocycles. The molecule has 0 atom stereocenters. The van der Waals surface area contributed by atoms with Crippen LogP contribution in [0.15, 0.2) is 29.8 Å². The summed E-state index contributed by atoms with van der Waals surface area (Å²) in [6.45, 7) is 0. The van der Waals surface area contributed by atoms with Gasteiger partial charge in [-0.2, -0.15) is 0 Å². The van der Waals surface area contributed by atoms with Crippen LogP contribution in [0.25, 0.3) is 10.2 Å². The Morgan fingerprint density at radius 1 is 1.20 bits per heavy atom. The van der Waals surface area contributed by atoms with E-state index in [2.05, 4.69) is 11.1 Å². The van der Waals surface area contributed by atoms with Gasteiger partial charge in [-0.15, -0.1) is 11.3 Å². The normalized spacial score (nSPS) is 9.20. The average Bonchev–Trinajstić information content (AvgIpc) is 2.33. The van der Waals surface area contributed by atoms with Gasteiger partial charge < -0.3 is 0 Å². The van der Waals surface area contributed by atoms with E-state index in [-0.39, 0.29) is 16.8 Å². The number of fused-ring (bicyclic) bond motifs is 1. The molecule has 1 heterocycles. The molecule has 0 N–H and O–H groups in total. The molecule has 1 aromatic carbocycles. The van der Waals surface area contributed by atoms with Crippen LogP contribution in [0.2, 0.25) is 0 Å². The summed E-state index contributed by atoms with van der Waals surface area (Å²) in [6, 6.07) is 8.13. The molecule has 0 bridgehead atoms. The quantitative estimate of drug-likeness (QED) is 0.627. The standard InChI is InChI=1S/C7H5NS.Co/c1-2-4-7-6(3-1)8-5-9-7;/h1-5H;. The van der Waals surface area contributed by atoms with Crippen molar-refractivity contribution in [3.05, 3.63) is 29.8 Å². The zero-order valence-corrected chi connectivity index (χ0v) is 6.93. The van der Waals surface area contributed by atoms with Crippen molar-refractivity contribution >= 4 is 21.6 Å². The summed E-state index contributed by atoms with van der Waals surface area (Å²) in [7, 11) is 0. The van der Waals surface area contributed by atoms with Crippen LogP contribution in [0.1, 0.15) is 0 Å². The van der Waals surface area contributed by atoms with Crippen LogP contribution in [0.3, 0.4) is 0 Å². The summed E-state index contributed by atoms with van der Waals surface area (Å²) in [5.41, 5.74) is 2.97. The van der Waals surface area contributed by atoms with E-state index in [1.807, 2.05) is 23.7 Å². The zero-order chi connectivity index (χ0) is 6.10. The van der Waals surface area contributed by atoms with E-state index in [0.29, 0.717) is 0 Å². The van der Waals surface area contributed by atoms with Crippen molar-refractivity contribution in [2.24, 2.45) is 0 Å². The molecule has 10 heavy (non-hydrogen) atoms. The van der Waals surface area contributed by atoms with Crippen LogP contribution in [0.4, 0.5) is 0 Å². The van der Waals surface area contributed by atoms with E-state index in [0.717, 1.165) is 5.52 Å². The van der Waals surface area contributed by atoms with Crippen molar-refractivity contribution in [3.8, 4) is 0 Å². The molecular weight excluding hydrogens is 189 g/mol. The Bertz CT molecular complexity index is 288. The van der Waals surface area contributed by atoms with E-state index < -0.39 is 0 Å². The average molecular weight is 194 g/mol. The number of thiazole rings is 1. The second kappa shape index (κ2) is 3.14. The fraction of sp³-hybridized carbons (Fsp3) is 0. The Kier molecular flexibility index (Phi) is 2.42. The van der Waals surface area contributed by atoms with E-state index in [1.165, 1.54) is 4.70 Å². The molecule has 2 aromatic rings. The van der Waals surface area contributed by atoms with Crippen molar-refractivity contribution in [3.63, 3.8) is 0 Å². The maximum Gasteiger partial charge on any atom is 0.0812 e. The monoisotopic (exact) mass is 194 g/mol. The fourth-order valence-electron chi connectivity index (χ4n) is 0.803. The minimum Gasteiger partial charge on any atom is -0.245 e. The molecule has 53 valence electrons. The first kappa shape index (κ1) is 7.72. The molecule has 0 amide bonds. The molecule has 2 rings (SSSR count). The largest absolute Gasteiger partial charge is 0.245 e. The van der Waals surface area contributed by atoms with Gasteiger partial charge in [-0.1, -0.05) is 12.1 Å². The Balaban J connectivity index is 0.000000500. The molecule has 0 aliphatic heterocycles. The van der Waals surface area contributed by atoms with Crippen molar-refractivity contribution < 1.29 is 16.8 Å². The van der Waals surface area contributed by atoms with Gasteiger partial charge in [0.1, 0.15) is 0 Å². The van der Waals surface area contributed by atoms with Crippen molar-refractivity contribution in [1.29, 1.82) is 0 Å². The number of hydrogen-bond acceptors (Lipinski definition) is 2. The maximum absolute atomic E-state index is 4.14. The number of hydrogen-bond donors (Lipinski definition) is 0. The first-order valence-electron chi connectivity index (χ1n) is 2.75. The Morgan fingerprint density at radius 3 is 2.80 bits per heavy atom. The van der Waals surface area contributed by atoms with Gasteiger partial charge in [-0.25, -0.2) is 4.98 Å². The number of benzene rings is 1. The summed E-state index contributed by atoms with van der Waals surface area (Å²) in [5.74, 6) is 0. The number of nitrogens with zero attached hydrogens (tertiary/aromatic N) is 1. The minimum atomic E-state index is 0. The molecule has 1 nitrogen and oxygen atoms in total. The van der Waals surface area contributed by atoms with Gasteiger partial charge in [-0.3, -0.25) is 0 Å². The van der Waals surface area contributed by atoms with Gasteiger partial charge in [-0.05, 0) is 12.1 Å². The van der Waals surface area contributed by atoms with E-state index >= 15 is 0 Å². The topological polar surface area (TPSA) is 12.9 Å². The summed E-state index contributed by atoms with van der Waals surface area (Å²) in [4.78, 5) is 4.14. The molecule has 0 unspecified atom stereocenters. The third-order valence-electron chi connectivity index (χ3n) is 1.24. The van der Waals surface area contributed by atoms with Crippen molar-refractivity contribution in [2.45, 2.75) is 0 Å². The fourth-order valence-corrected chi connectivity index (χ4v) is 1.48. The first-order valence-corrected chi connectivity index (χ1v) is 3.63. The van der Waals surface area contributed by atoms with Gasteiger partial charge >= 0.3 is 0 Å². The summed E-state index contributed by atoms with van der Waals surface area (Å²) < 4.78 is 1.26. The molecule has 3 heteroatoms. The van der Waals surface area contributed by atoms with Gasteiger partial charge in [0.2, 0.25) is 0 Å². The molecule has 1 aromatic heterocycles. The molecule has 0 spiro atoms. The third kappa shape index (κ3) is 1.21. The van der Waals surface area contributed by atoms with E-state index in [4.69, 9.17) is 0 Å². The van der Waals surface area contributed by atoms with Crippen LogP contribution in [0, 0.1) is 0 Å². The molecule has 0 aliphatic rings. The molecule has 1 radical (unpaired) electrons. The van der Waals surface area contributed by atoms with Crippen LogP contribution in [-0.2, 0) is 16.8 Å². The SMILES string of the molecule is [Co].c1ccc2scnc2c1. The van der Waals surface area contributed by atoms with Gasteiger partial charge in [0.15, 0.2) is 0 Å². The van der Waals surface area contributed by atoms with Crippen LogP contribution >= 0.6 is 11.3 Å². The second-order valence-corrected chi connectivity index (χ2v) is 2.71. The van der Waals surface area contributed by atoms with Crippen LogP contribution < -0.4 is 0 Å². The maximum atomic E-state index is 4.14. The molecule has 0 fully saturated rings. The Morgan fingerprint density at radius 2 is 2.00 bits per heavy atom. The summed E-state index contributed by atoms with van der Waals surface area (Å²) in [6.07, 6.45) is 0. The van der Waals surface area contributed by atoms with Gasteiger partial charge in [0.05, 0.1) is 15.7 Å². The number of para-hydroxylation sites is 1. The van der Waals surface area contributed by atoms with Gasteiger partial charge in [0, 0.05) is 16.8 Å². The van der Waals surface area contributed by atoms with Crippen LogP contribution in [0.5, 0.6) is 0 Å². The number of aromatic nitrogens is 1. The van der Waals surface area contributed by atoms with Crippen molar-refractivity contribution in [2.75, 3.05) is 0 Å². The Hall–Kier alpha value is -0.384. The minimum absolute atomic E-state index is 0. The molecule has 0 saturated heterocycles. The number of rotatable bonds is 0. The zero-order valence-electron chi connectivity index (χ0n) is 5.08. The van der Waals surface area contributed by atoms with E-state index in [1.54, 1.807) is 11.3 Å². The smallest absolute Gasteiger partial charge is 0.0812 e. The second-order valence-electron chi connectivity index (χ2n) is 1.82. The van der Waals surface area contributed by atoms with Crippen LogP contribution in [-0.4, -0.2) is 4.98 Å². The molecular formula is C7H5CoNS. The Labute approximate surface area is 73.3 Å². The summed E-state index contributed by atoms with van der Waals surface area (Å²) in [5, 5.41) is 0. The van der Waals surface area contributed by atoms with Gasteiger partial charge in [0.25, 0.3) is 0 Å². The van der Waals surface area contributed by atoms with Crippen molar-refractivity contribution in [1.82, 2.24) is 4.98 Å². The van der Waals surface area contributed by atoms with E-state index in [9.17, 15) is 0 Å². The third-order valence-corrected chi connectivity index (χ3v) is 2.05.